The molecular formula is C16H17ClF4N2O. The summed E-state index contributed by atoms with van der Waals surface area (Å²) in [6, 6.07) is 0.880. The molecule has 24 heavy (non-hydrogen) atoms. The maximum atomic E-state index is 14.3. The number of aromatic nitrogens is 1. The first-order chi connectivity index (χ1) is 11.2. The summed E-state index contributed by atoms with van der Waals surface area (Å²) in [4.78, 5) is 5.23. The Morgan fingerprint density at radius 1 is 1.46 bits per heavy atom. The molecule has 1 aromatic rings. The van der Waals surface area contributed by atoms with Gasteiger partial charge in [0.25, 0.3) is 0 Å². The van der Waals surface area contributed by atoms with Gasteiger partial charge in [-0.05, 0) is 38.3 Å². The van der Waals surface area contributed by atoms with Crippen LogP contribution in [0.25, 0.3) is 5.70 Å². The third-order valence-corrected chi connectivity index (χ3v) is 4.18. The summed E-state index contributed by atoms with van der Waals surface area (Å²) < 4.78 is 53.3. The van der Waals surface area contributed by atoms with Gasteiger partial charge in [0.05, 0.1) is 17.9 Å². The van der Waals surface area contributed by atoms with Crippen LogP contribution in [0.2, 0.25) is 0 Å². The third kappa shape index (κ3) is 3.89. The zero-order valence-corrected chi connectivity index (χ0v) is 13.9. The van der Waals surface area contributed by atoms with Crippen molar-refractivity contribution in [2.45, 2.75) is 45.5 Å². The highest BCUT2D eigenvalue weighted by Crippen LogP contribution is 2.42. The van der Waals surface area contributed by atoms with E-state index in [0.717, 1.165) is 13.0 Å². The fraction of sp³-hybridized carbons (Fsp3) is 0.438. The van der Waals surface area contributed by atoms with E-state index in [2.05, 4.69) is 4.98 Å². The SMILES string of the molecule is C/C=C(/c1ncc(CO)cc1F)N(/C(Cl)=C(\C)C(F)(F)F)C1CC1. The van der Waals surface area contributed by atoms with Crippen molar-refractivity contribution in [3.05, 3.63) is 46.1 Å². The second kappa shape index (κ2) is 7.11. The summed E-state index contributed by atoms with van der Waals surface area (Å²) in [5.74, 6) is -0.727. The number of alkyl halides is 3. The van der Waals surface area contributed by atoms with Crippen molar-refractivity contribution in [3.8, 4) is 0 Å². The van der Waals surface area contributed by atoms with Crippen molar-refractivity contribution in [1.82, 2.24) is 9.88 Å². The van der Waals surface area contributed by atoms with E-state index in [1.807, 2.05) is 0 Å². The molecule has 1 aliphatic rings. The largest absolute Gasteiger partial charge is 0.415 e. The van der Waals surface area contributed by atoms with Gasteiger partial charge in [0.1, 0.15) is 10.9 Å². The van der Waals surface area contributed by atoms with Crippen molar-refractivity contribution in [2.75, 3.05) is 0 Å². The van der Waals surface area contributed by atoms with Gasteiger partial charge in [-0.1, -0.05) is 17.7 Å². The van der Waals surface area contributed by atoms with Gasteiger partial charge in [0.15, 0.2) is 5.82 Å². The first kappa shape index (κ1) is 18.7. The number of rotatable bonds is 5. The summed E-state index contributed by atoms with van der Waals surface area (Å²) in [6.45, 7) is 2.10. The number of aliphatic hydroxyl groups excluding tert-OH is 1. The van der Waals surface area contributed by atoms with Crippen LogP contribution in [0, 0.1) is 5.82 Å². The Morgan fingerprint density at radius 3 is 2.50 bits per heavy atom. The predicted molar refractivity (Wildman–Crippen MR) is 83.2 cm³/mol. The second-order valence-electron chi connectivity index (χ2n) is 5.52. The average molecular weight is 365 g/mol. The van der Waals surface area contributed by atoms with E-state index in [0.29, 0.717) is 12.8 Å². The van der Waals surface area contributed by atoms with E-state index >= 15 is 0 Å². The van der Waals surface area contributed by atoms with Crippen LogP contribution in [0.15, 0.2) is 29.1 Å². The molecule has 0 saturated heterocycles. The van der Waals surface area contributed by atoms with Crippen molar-refractivity contribution < 1.29 is 22.7 Å². The fourth-order valence-corrected chi connectivity index (χ4v) is 2.57. The van der Waals surface area contributed by atoms with E-state index in [-0.39, 0.29) is 29.6 Å². The van der Waals surface area contributed by atoms with Crippen LogP contribution in [0.5, 0.6) is 0 Å². The predicted octanol–water partition coefficient (Wildman–Crippen LogP) is 4.57. The molecule has 1 N–H and O–H groups in total. The molecule has 8 heteroatoms. The fourth-order valence-electron chi connectivity index (χ4n) is 2.24. The number of halogens is 5. The zero-order chi connectivity index (χ0) is 18.1. The molecule has 132 valence electrons. The van der Waals surface area contributed by atoms with Gasteiger partial charge >= 0.3 is 6.18 Å². The molecule has 0 aliphatic heterocycles. The Morgan fingerprint density at radius 2 is 2.08 bits per heavy atom. The lowest BCUT2D eigenvalue weighted by Gasteiger charge is -2.28. The molecular weight excluding hydrogens is 348 g/mol. The first-order valence-electron chi connectivity index (χ1n) is 7.35. The van der Waals surface area contributed by atoms with Gasteiger partial charge in [0, 0.05) is 12.2 Å². The van der Waals surface area contributed by atoms with Crippen LogP contribution in [-0.2, 0) is 6.61 Å². The molecule has 0 bridgehead atoms. The molecule has 1 aliphatic carbocycles. The molecule has 3 nitrogen and oxygen atoms in total. The van der Waals surface area contributed by atoms with Gasteiger partial charge in [-0.25, -0.2) is 4.39 Å². The minimum atomic E-state index is -4.57. The normalized spacial score (nSPS) is 16.9. The van der Waals surface area contributed by atoms with Gasteiger partial charge in [-0.2, -0.15) is 13.2 Å². The highest BCUT2D eigenvalue weighted by Gasteiger charge is 2.40. The maximum absolute atomic E-state index is 14.3. The molecule has 0 amide bonds. The number of hydrogen-bond donors (Lipinski definition) is 1. The lowest BCUT2D eigenvalue weighted by atomic mass is 10.1. The number of hydrogen-bond acceptors (Lipinski definition) is 3. The molecule has 0 unspecified atom stereocenters. The Hall–Kier alpha value is -1.60. The van der Waals surface area contributed by atoms with Gasteiger partial charge in [-0.3, -0.25) is 4.98 Å². The molecule has 1 aromatic heterocycles. The average Bonchev–Trinajstić information content (AvgIpc) is 3.35. The summed E-state index contributed by atoms with van der Waals surface area (Å²) in [6.07, 6.45) is -0.491. The molecule has 0 aromatic carbocycles. The van der Waals surface area contributed by atoms with Crippen molar-refractivity contribution in [3.63, 3.8) is 0 Å². The molecule has 1 fully saturated rings. The van der Waals surface area contributed by atoms with Crippen LogP contribution in [0.4, 0.5) is 17.6 Å². The van der Waals surface area contributed by atoms with Gasteiger partial charge < -0.3 is 10.0 Å². The Labute approximate surface area is 142 Å². The molecule has 1 saturated carbocycles. The van der Waals surface area contributed by atoms with Crippen LogP contribution in [0.3, 0.4) is 0 Å². The summed E-state index contributed by atoms with van der Waals surface area (Å²) in [5.41, 5.74) is -0.594. The van der Waals surface area contributed by atoms with E-state index in [1.54, 1.807) is 6.92 Å². The summed E-state index contributed by atoms with van der Waals surface area (Å²) >= 11 is 6.01. The van der Waals surface area contributed by atoms with Crippen molar-refractivity contribution >= 4 is 17.3 Å². The highest BCUT2D eigenvalue weighted by atomic mass is 35.5. The number of nitrogens with zero attached hydrogens (tertiary/aromatic N) is 2. The van der Waals surface area contributed by atoms with Crippen LogP contribution in [-0.4, -0.2) is 27.2 Å². The molecule has 0 radical (unpaired) electrons. The smallest absolute Gasteiger partial charge is 0.392 e. The summed E-state index contributed by atoms with van der Waals surface area (Å²) in [7, 11) is 0. The Bertz CT molecular complexity index is 681. The van der Waals surface area contributed by atoms with E-state index in [1.165, 1.54) is 17.2 Å². The van der Waals surface area contributed by atoms with Gasteiger partial charge in [-0.15, -0.1) is 0 Å². The van der Waals surface area contributed by atoms with Gasteiger partial charge in [0.2, 0.25) is 0 Å². The minimum absolute atomic E-state index is 0.102. The minimum Gasteiger partial charge on any atom is -0.392 e. The third-order valence-electron chi connectivity index (χ3n) is 3.71. The quantitative estimate of drug-likeness (QED) is 0.614. The van der Waals surface area contributed by atoms with Crippen LogP contribution < -0.4 is 0 Å². The maximum Gasteiger partial charge on any atom is 0.415 e. The standard InChI is InChI=1S/C16H17ClF4N2O/c1-3-13(14-12(18)6-10(8-24)7-22-14)23(11-4-5-11)15(17)9(2)16(19,20)21/h3,6-7,11,24H,4-5,8H2,1-2H3/b13-3-,15-9+. The summed E-state index contributed by atoms with van der Waals surface area (Å²) in [5, 5.41) is 8.54. The van der Waals surface area contributed by atoms with E-state index in [4.69, 9.17) is 16.7 Å². The molecule has 2 rings (SSSR count). The number of allylic oxidation sites excluding steroid dienone is 2. The highest BCUT2D eigenvalue weighted by molar-refractivity contribution is 6.30. The van der Waals surface area contributed by atoms with Crippen LogP contribution in [0.1, 0.15) is 37.9 Å². The second-order valence-corrected chi connectivity index (χ2v) is 5.88. The Kier molecular flexibility index (Phi) is 5.55. The topological polar surface area (TPSA) is 36.4 Å². The lowest BCUT2D eigenvalue weighted by molar-refractivity contribution is -0.0925. The number of pyridine rings is 1. The molecule has 1 heterocycles. The zero-order valence-electron chi connectivity index (χ0n) is 13.2. The monoisotopic (exact) mass is 364 g/mol. The Balaban J connectivity index is 2.50. The first-order valence-corrected chi connectivity index (χ1v) is 7.73. The van der Waals surface area contributed by atoms with Crippen molar-refractivity contribution in [2.24, 2.45) is 0 Å². The van der Waals surface area contributed by atoms with E-state index in [9.17, 15) is 17.6 Å². The van der Waals surface area contributed by atoms with E-state index < -0.39 is 22.7 Å². The molecule has 0 atom stereocenters. The number of aliphatic hydroxyl groups is 1. The lowest BCUT2D eigenvalue weighted by Crippen LogP contribution is -2.26. The van der Waals surface area contributed by atoms with Crippen LogP contribution >= 0.6 is 11.6 Å². The molecule has 0 spiro atoms. The van der Waals surface area contributed by atoms with Crippen molar-refractivity contribution in [1.29, 1.82) is 0 Å².